The quantitative estimate of drug-likeness (QED) is 0.534. The zero-order valence-electron chi connectivity index (χ0n) is 9.81. The molecule has 1 atom stereocenters. The molecule has 0 radical (unpaired) electrons. The van der Waals surface area contributed by atoms with Gasteiger partial charge >= 0.3 is 0 Å². The molecule has 0 saturated heterocycles. The lowest BCUT2D eigenvalue weighted by molar-refractivity contribution is 0.0979. The number of halogens is 2. The van der Waals surface area contributed by atoms with Crippen LogP contribution in [-0.4, -0.2) is 5.78 Å². The van der Waals surface area contributed by atoms with Gasteiger partial charge in [-0.1, -0.05) is 40.2 Å². The molecule has 2 aromatic rings. The minimum Gasteiger partial charge on any atom is -0.292 e. The first-order chi connectivity index (χ1) is 9.11. The normalized spacial score (nSPS) is 11.6. The molecule has 2 nitrogen and oxygen atoms in total. The van der Waals surface area contributed by atoms with E-state index in [9.17, 15) is 10.1 Å². The Hall–Kier alpha value is -1.19. The summed E-state index contributed by atoms with van der Waals surface area (Å²) in [7, 11) is 0. The first kappa shape index (κ1) is 14.2. The van der Waals surface area contributed by atoms with Gasteiger partial charge in [-0.05, 0) is 52.4 Å². The molecule has 0 N–H and O–H groups in total. The summed E-state index contributed by atoms with van der Waals surface area (Å²) in [6.07, 6.45) is 0. The molecule has 0 aliphatic heterocycles. The van der Waals surface area contributed by atoms with Crippen LogP contribution < -0.4 is 0 Å². The minimum atomic E-state index is -0.756. The van der Waals surface area contributed by atoms with E-state index in [2.05, 4.69) is 44.6 Å². The third-order valence-electron chi connectivity index (χ3n) is 2.72. The molecule has 4 heteroatoms. The van der Waals surface area contributed by atoms with E-state index in [0.29, 0.717) is 11.1 Å². The number of nitriles is 1. The summed E-state index contributed by atoms with van der Waals surface area (Å²) in [5.74, 6) is -0.922. The smallest absolute Gasteiger partial charge is 0.184 e. The molecular formula is C15H9BrINO. The summed E-state index contributed by atoms with van der Waals surface area (Å²) in [5, 5.41) is 9.25. The van der Waals surface area contributed by atoms with E-state index in [-0.39, 0.29) is 5.78 Å². The maximum atomic E-state index is 12.3. The van der Waals surface area contributed by atoms with Crippen LogP contribution >= 0.6 is 38.5 Å². The Bertz CT molecular complexity index is 629. The van der Waals surface area contributed by atoms with Crippen LogP contribution in [0.2, 0.25) is 0 Å². The second-order valence-corrected chi connectivity index (χ2v) is 6.15. The van der Waals surface area contributed by atoms with Gasteiger partial charge in [-0.2, -0.15) is 5.26 Å². The Morgan fingerprint density at radius 3 is 2.21 bits per heavy atom. The van der Waals surface area contributed by atoms with Gasteiger partial charge < -0.3 is 0 Å². The Morgan fingerprint density at radius 2 is 1.68 bits per heavy atom. The van der Waals surface area contributed by atoms with Crippen molar-refractivity contribution in [1.82, 2.24) is 0 Å². The summed E-state index contributed by atoms with van der Waals surface area (Å²) >= 11 is 5.52. The van der Waals surface area contributed by atoms with Crippen LogP contribution in [-0.2, 0) is 0 Å². The van der Waals surface area contributed by atoms with Crippen molar-refractivity contribution in [1.29, 1.82) is 5.26 Å². The monoisotopic (exact) mass is 425 g/mol. The number of Topliss-reactive ketones (excluding diaryl/α,β-unsaturated/α-hetero) is 1. The molecule has 0 bridgehead atoms. The molecule has 0 saturated carbocycles. The highest BCUT2D eigenvalue weighted by molar-refractivity contribution is 14.1. The van der Waals surface area contributed by atoms with Crippen molar-refractivity contribution in [3.8, 4) is 6.07 Å². The first-order valence-electron chi connectivity index (χ1n) is 5.56. The fourth-order valence-electron chi connectivity index (χ4n) is 1.72. The van der Waals surface area contributed by atoms with Crippen LogP contribution in [0, 0.1) is 14.9 Å². The first-order valence-corrected chi connectivity index (χ1v) is 7.44. The lowest BCUT2D eigenvalue weighted by atomic mass is 9.92. The number of rotatable bonds is 3. The standard InChI is InChI=1S/C15H9BrINO/c16-12-5-1-10(2-6-12)14(9-18)15(19)11-3-7-13(17)8-4-11/h1-8,14H. The number of hydrogen-bond acceptors (Lipinski definition) is 2. The molecule has 0 aliphatic carbocycles. The molecule has 2 aromatic carbocycles. The summed E-state index contributed by atoms with van der Waals surface area (Å²) < 4.78 is 1.99. The van der Waals surface area contributed by atoms with Gasteiger partial charge in [0.2, 0.25) is 0 Å². The Morgan fingerprint density at radius 1 is 1.11 bits per heavy atom. The van der Waals surface area contributed by atoms with Crippen LogP contribution in [0.4, 0.5) is 0 Å². The van der Waals surface area contributed by atoms with Crippen molar-refractivity contribution in [3.05, 3.63) is 67.7 Å². The van der Waals surface area contributed by atoms with Gasteiger partial charge in [0.1, 0.15) is 5.92 Å². The summed E-state index contributed by atoms with van der Waals surface area (Å²) in [5.41, 5.74) is 1.28. The summed E-state index contributed by atoms with van der Waals surface area (Å²) in [6.45, 7) is 0. The highest BCUT2D eigenvalue weighted by Crippen LogP contribution is 2.22. The second-order valence-electron chi connectivity index (χ2n) is 3.98. The summed E-state index contributed by atoms with van der Waals surface area (Å²) in [6, 6.07) is 16.6. The lowest BCUT2D eigenvalue weighted by Crippen LogP contribution is -2.11. The number of benzene rings is 2. The molecular weight excluding hydrogens is 417 g/mol. The minimum absolute atomic E-state index is 0.166. The van der Waals surface area contributed by atoms with Crippen molar-refractivity contribution < 1.29 is 4.79 Å². The van der Waals surface area contributed by atoms with E-state index in [4.69, 9.17) is 0 Å². The fraction of sp³-hybridized carbons (Fsp3) is 0.0667. The molecule has 0 spiro atoms. The molecule has 0 amide bonds. The van der Waals surface area contributed by atoms with E-state index in [1.807, 2.05) is 24.3 Å². The van der Waals surface area contributed by atoms with Crippen LogP contribution in [0.3, 0.4) is 0 Å². The van der Waals surface area contributed by atoms with E-state index in [0.717, 1.165) is 8.04 Å². The molecule has 0 aromatic heterocycles. The molecule has 2 rings (SSSR count). The van der Waals surface area contributed by atoms with Crippen LogP contribution in [0.5, 0.6) is 0 Å². The topological polar surface area (TPSA) is 40.9 Å². The molecule has 0 aliphatic rings. The Labute approximate surface area is 133 Å². The number of ketones is 1. The number of hydrogen-bond donors (Lipinski definition) is 0. The van der Waals surface area contributed by atoms with Crippen molar-refractivity contribution in [3.63, 3.8) is 0 Å². The van der Waals surface area contributed by atoms with Crippen molar-refractivity contribution in [2.75, 3.05) is 0 Å². The average Bonchev–Trinajstić information content (AvgIpc) is 2.42. The third kappa shape index (κ3) is 3.43. The molecule has 0 heterocycles. The molecule has 94 valence electrons. The third-order valence-corrected chi connectivity index (χ3v) is 3.97. The van der Waals surface area contributed by atoms with Crippen molar-refractivity contribution in [2.45, 2.75) is 5.92 Å². The van der Waals surface area contributed by atoms with Gasteiger partial charge in [0.25, 0.3) is 0 Å². The van der Waals surface area contributed by atoms with Crippen LogP contribution in [0.25, 0.3) is 0 Å². The predicted molar refractivity (Wildman–Crippen MR) is 86.0 cm³/mol. The Kier molecular flexibility index (Phi) is 4.72. The maximum Gasteiger partial charge on any atom is 0.184 e. The lowest BCUT2D eigenvalue weighted by Gasteiger charge is -2.09. The molecule has 19 heavy (non-hydrogen) atoms. The molecule has 1 unspecified atom stereocenters. The van der Waals surface area contributed by atoms with Gasteiger partial charge in [0, 0.05) is 13.6 Å². The zero-order valence-corrected chi connectivity index (χ0v) is 13.6. The second kappa shape index (κ2) is 6.31. The largest absolute Gasteiger partial charge is 0.292 e. The highest BCUT2D eigenvalue weighted by atomic mass is 127. The predicted octanol–water partition coefficient (Wildman–Crippen LogP) is 4.54. The Balaban J connectivity index is 2.32. The highest BCUT2D eigenvalue weighted by Gasteiger charge is 2.21. The number of carbonyl (C=O) groups excluding carboxylic acids is 1. The van der Waals surface area contributed by atoms with Gasteiger partial charge in [0.05, 0.1) is 6.07 Å². The number of nitrogens with zero attached hydrogens (tertiary/aromatic N) is 1. The van der Waals surface area contributed by atoms with Gasteiger partial charge in [0.15, 0.2) is 5.78 Å². The zero-order chi connectivity index (χ0) is 13.8. The van der Waals surface area contributed by atoms with Gasteiger partial charge in [-0.15, -0.1) is 0 Å². The van der Waals surface area contributed by atoms with Crippen LogP contribution in [0.15, 0.2) is 53.0 Å². The van der Waals surface area contributed by atoms with E-state index in [1.165, 1.54) is 0 Å². The average molecular weight is 426 g/mol. The van der Waals surface area contributed by atoms with Crippen LogP contribution in [0.1, 0.15) is 21.8 Å². The van der Waals surface area contributed by atoms with Gasteiger partial charge in [-0.3, -0.25) is 4.79 Å². The SMILES string of the molecule is N#CC(C(=O)c1ccc(I)cc1)c1ccc(Br)cc1. The van der Waals surface area contributed by atoms with Crippen molar-refractivity contribution in [2.24, 2.45) is 0 Å². The summed E-state index contributed by atoms with van der Waals surface area (Å²) in [4.78, 5) is 12.3. The maximum absolute atomic E-state index is 12.3. The van der Waals surface area contributed by atoms with E-state index < -0.39 is 5.92 Å². The van der Waals surface area contributed by atoms with E-state index >= 15 is 0 Å². The van der Waals surface area contributed by atoms with Crippen molar-refractivity contribution >= 4 is 44.3 Å². The van der Waals surface area contributed by atoms with E-state index in [1.54, 1.807) is 24.3 Å². The molecule has 0 fully saturated rings. The fourth-order valence-corrected chi connectivity index (χ4v) is 2.34. The van der Waals surface area contributed by atoms with Gasteiger partial charge in [-0.25, -0.2) is 0 Å². The number of carbonyl (C=O) groups is 1.